The topological polar surface area (TPSA) is 38.1 Å². The number of rotatable bonds is 3. The molecule has 1 atom stereocenters. The molecule has 2 aromatic heterocycles. The molecule has 2 rings (SSSR count). The van der Waals surface area contributed by atoms with Crippen molar-refractivity contribution in [3.8, 4) is 0 Å². The average Bonchev–Trinajstić information content (AvgIpc) is 2.61. The van der Waals surface area contributed by atoms with Gasteiger partial charge in [-0.2, -0.15) is 0 Å². The van der Waals surface area contributed by atoms with Crippen LogP contribution in [0.4, 0.5) is 0 Å². The highest BCUT2D eigenvalue weighted by Crippen LogP contribution is 2.26. The molecule has 2 aromatic rings. The molecule has 1 N–H and O–H groups in total. The predicted octanol–water partition coefficient (Wildman–Crippen LogP) is 2.60. The first-order valence-electron chi connectivity index (χ1n) is 5.36. The molecule has 0 amide bonds. The van der Waals surface area contributed by atoms with Crippen molar-refractivity contribution >= 4 is 0 Å². The summed E-state index contributed by atoms with van der Waals surface area (Å²) < 4.78 is 5.56. The highest BCUT2D eigenvalue weighted by Gasteiger charge is 2.17. The number of nitrogens with one attached hydrogen (secondary N) is 1. The zero-order valence-electron chi connectivity index (χ0n) is 9.82. The van der Waals surface area contributed by atoms with Crippen molar-refractivity contribution in [2.24, 2.45) is 0 Å². The third-order valence-corrected chi connectivity index (χ3v) is 2.70. The Kier molecular flexibility index (Phi) is 3.06. The molecule has 0 saturated carbocycles. The fourth-order valence-corrected chi connectivity index (χ4v) is 1.99. The van der Waals surface area contributed by atoms with Gasteiger partial charge in [0.05, 0.1) is 6.04 Å². The molecule has 3 heteroatoms. The summed E-state index contributed by atoms with van der Waals surface area (Å²) in [5.74, 6) is 1.90. The van der Waals surface area contributed by atoms with Gasteiger partial charge in [0.1, 0.15) is 11.5 Å². The molecule has 0 aliphatic heterocycles. The van der Waals surface area contributed by atoms with Crippen LogP contribution in [0.2, 0.25) is 0 Å². The van der Waals surface area contributed by atoms with E-state index in [1.165, 1.54) is 5.56 Å². The van der Waals surface area contributed by atoms with Crippen LogP contribution in [0.3, 0.4) is 0 Å². The van der Waals surface area contributed by atoms with E-state index in [1.54, 1.807) is 6.20 Å². The van der Waals surface area contributed by atoms with Gasteiger partial charge < -0.3 is 9.73 Å². The Bertz CT molecular complexity index is 462. The van der Waals surface area contributed by atoms with Crippen LogP contribution in [0.15, 0.2) is 35.0 Å². The molecular formula is C13H16N2O. The van der Waals surface area contributed by atoms with Crippen LogP contribution in [0.5, 0.6) is 0 Å². The standard InChI is InChI=1S/C13H16N2O/c1-9-7-12(10(2)16-9)13(14-3)11-5-4-6-15-8-11/h4-8,13-14H,1-3H3. The monoisotopic (exact) mass is 216 g/mol. The van der Waals surface area contributed by atoms with E-state index in [9.17, 15) is 0 Å². The highest BCUT2D eigenvalue weighted by molar-refractivity contribution is 5.32. The second kappa shape index (κ2) is 4.49. The van der Waals surface area contributed by atoms with E-state index < -0.39 is 0 Å². The molecule has 0 fully saturated rings. The summed E-state index contributed by atoms with van der Waals surface area (Å²) in [4.78, 5) is 4.14. The van der Waals surface area contributed by atoms with Gasteiger partial charge in [-0.05, 0) is 38.6 Å². The van der Waals surface area contributed by atoms with Crippen molar-refractivity contribution in [1.29, 1.82) is 0 Å². The first kappa shape index (κ1) is 10.9. The molecule has 0 radical (unpaired) electrons. The minimum absolute atomic E-state index is 0.145. The third kappa shape index (κ3) is 1.99. The number of hydrogen-bond acceptors (Lipinski definition) is 3. The van der Waals surface area contributed by atoms with E-state index in [-0.39, 0.29) is 6.04 Å². The van der Waals surface area contributed by atoms with Crippen molar-refractivity contribution in [1.82, 2.24) is 10.3 Å². The fourth-order valence-electron chi connectivity index (χ4n) is 1.99. The van der Waals surface area contributed by atoms with Crippen LogP contribution in [0.1, 0.15) is 28.7 Å². The normalized spacial score (nSPS) is 12.7. The van der Waals surface area contributed by atoms with Gasteiger partial charge in [0.15, 0.2) is 0 Å². The molecule has 0 saturated heterocycles. The smallest absolute Gasteiger partial charge is 0.106 e. The second-order valence-electron chi connectivity index (χ2n) is 3.88. The summed E-state index contributed by atoms with van der Waals surface area (Å²) in [6, 6.07) is 6.23. The first-order valence-corrected chi connectivity index (χ1v) is 5.36. The van der Waals surface area contributed by atoms with Gasteiger partial charge in [0, 0.05) is 18.0 Å². The number of furan rings is 1. The first-order chi connectivity index (χ1) is 7.72. The quantitative estimate of drug-likeness (QED) is 0.857. The minimum Gasteiger partial charge on any atom is -0.466 e. The summed E-state index contributed by atoms with van der Waals surface area (Å²) >= 11 is 0. The predicted molar refractivity (Wildman–Crippen MR) is 63.3 cm³/mol. The van der Waals surface area contributed by atoms with Gasteiger partial charge in [-0.1, -0.05) is 6.07 Å². The molecule has 0 aliphatic rings. The number of pyridine rings is 1. The second-order valence-corrected chi connectivity index (χ2v) is 3.88. The largest absolute Gasteiger partial charge is 0.466 e. The van der Waals surface area contributed by atoms with E-state index in [0.717, 1.165) is 17.1 Å². The van der Waals surface area contributed by atoms with Crippen LogP contribution in [-0.4, -0.2) is 12.0 Å². The number of aromatic nitrogens is 1. The molecule has 1 unspecified atom stereocenters. The fraction of sp³-hybridized carbons (Fsp3) is 0.308. The van der Waals surface area contributed by atoms with Gasteiger partial charge >= 0.3 is 0 Å². The number of aryl methyl sites for hydroxylation is 2. The van der Waals surface area contributed by atoms with Crippen LogP contribution in [0.25, 0.3) is 0 Å². The van der Waals surface area contributed by atoms with Crippen molar-refractivity contribution < 1.29 is 4.42 Å². The SMILES string of the molecule is CNC(c1cccnc1)c1cc(C)oc1C. The summed E-state index contributed by atoms with van der Waals surface area (Å²) in [5, 5.41) is 3.29. The van der Waals surface area contributed by atoms with Gasteiger partial charge in [-0.3, -0.25) is 4.98 Å². The highest BCUT2D eigenvalue weighted by atomic mass is 16.3. The number of hydrogen-bond donors (Lipinski definition) is 1. The lowest BCUT2D eigenvalue weighted by Gasteiger charge is -2.15. The zero-order valence-corrected chi connectivity index (χ0v) is 9.82. The zero-order chi connectivity index (χ0) is 11.5. The molecule has 2 heterocycles. The molecule has 0 bridgehead atoms. The Morgan fingerprint density at radius 2 is 2.19 bits per heavy atom. The molecule has 3 nitrogen and oxygen atoms in total. The summed E-state index contributed by atoms with van der Waals surface area (Å²) in [7, 11) is 1.94. The Balaban J connectivity index is 2.40. The van der Waals surface area contributed by atoms with Gasteiger partial charge in [-0.15, -0.1) is 0 Å². The molecule has 0 aromatic carbocycles. The third-order valence-electron chi connectivity index (χ3n) is 2.70. The van der Waals surface area contributed by atoms with E-state index >= 15 is 0 Å². The van der Waals surface area contributed by atoms with Gasteiger partial charge in [0.25, 0.3) is 0 Å². The lowest BCUT2D eigenvalue weighted by atomic mass is 10.0. The maximum atomic E-state index is 5.56. The van der Waals surface area contributed by atoms with Crippen molar-refractivity contribution in [2.45, 2.75) is 19.9 Å². The van der Waals surface area contributed by atoms with Crippen molar-refractivity contribution in [3.05, 3.63) is 53.2 Å². The maximum absolute atomic E-state index is 5.56. The van der Waals surface area contributed by atoms with Crippen LogP contribution in [-0.2, 0) is 0 Å². The lowest BCUT2D eigenvalue weighted by molar-refractivity contribution is 0.497. The number of nitrogens with zero attached hydrogens (tertiary/aromatic N) is 1. The summed E-state index contributed by atoms with van der Waals surface area (Å²) in [6.45, 7) is 3.95. The lowest BCUT2D eigenvalue weighted by Crippen LogP contribution is -2.17. The maximum Gasteiger partial charge on any atom is 0.106 e. The Hall–Kier alpha value is -1.61. The molecular weight excluding hydrogens is 200 g/mol. The van der Waals surface area contributed by atoms with Crippen LogP contribution < -0.4 is 5.32 Å². The molecule has 84 valence electrons. The van der Waals surface area contributed by atoms with Crippen LogP contribution >= 0.6 is 0 Å². The summed E-state index contributed by atoms with van der Waals surface area (Å²) in [6.07, 6.45) is 3.66. The Labute approximate surface area is 95.5 Å². The van der Waals surface area contributed by atoms with E-state index in [0.29, 0.717) is 0 Å². The van der Waals surface area contributed by atoms with Crippen molar-refractivity contribution in [2.75, 3.05) is 7.05 Å². The Morgan fingerprint density at radius 3 is 2.69 bits per heavy atom. The van der Waals surface area contributed by atoms with E-state index in [2.05, 4.69) is 22.4 Å². The van der Waals surface area contributed by atoms with E-state index in [1.807, 2.05) is 33.2 Å². The molecule has 0 aliphatic carbocycles. The van der Waals surface area contributed by atoms with Crippen LogP contribution in [0, 0.1) is 13.8 Å². The van der Waals surface area contributed by atoms with E-state index in [4.69, 9.17) is 4.42 Å². The molecule has 16 heavy (non-hydrogen) atoms. The Morgan fingerprint density at radius 1 is 1.38 bits per heavy atom. The summed E-state index contributed by atoms with van der Waals surface area (Å²) in [5.41, 5.74) is 2.32. The van der Waals surface area contributed by atoms with Gasteiger partial charge in [-0.25, -0.2) is 0 Å². The molecule has 0 spiro atoms. The minimum atomic E-state index is 0.145. The van der Waals surface area contributed by atoms with Gasteiger partial charge in [0.2, 0.25) is 0 Å². The van der Waals surface area contributed by atoms with Crippen molar-refractivity contribution in [3.63, 3.8) is 0 Å². The average molecular weight is 216 g/mol.